The third-order valence-electron chi connectivity index (χ3n) is 10.4. The van der Waals surface area contributed by atoms with Crippen LogP contribution in [-0.4, -0.2) is 53.8 Å². The second-order valence-electron chi connectivity index (χ2n) is 12.8. The quantitative estimate of drug-likeness (QED) is 0.244. The number of piperidine rings is 2. The maximum atomic E-state index is 13.1. The average molecular weight is 583 g/mol. The lowest BCUT2D eigenvalue weighted by molar-refractivity contribution is -0.385. The summed E-state index contributed by atoms with van der Waals surface area (Å²) in [5.74, 6) is 8.03. The van der Waals surface area contributed by atoms with Gasteiger partial charge in [0.15, 0.2) is 5.75 Å². The first-order valence-corrected chi connectivity index (χ1v) is 15.1. The number of anilines is 1. The van der Waals surface area contributed by atoms with Crippen LogP contribution in [0.5, 0.6) is 5.75 Å². The molecule has 2 aromatic rings. The van der Waals surface area contributed by atoms with E-state index in [-0.39, 0.29) is 23.9 Å². The Morgan fingerprint density at radius 2 is 1.91 bits per heavy atom. The van der Waals surface area contributed by atoms with Gasteiger partial charge in [-0.3, -0.25) is 29.8 Å². The predicted octanol–water partition coefficient (Wildman–Crippen LogP) is 4.05. The molecule has 3 atom stereocenters. The molecular weight excluding hydrogens is 548 g/mol. The maximum Gasteiger partial charge on any atom is 0.311 e. The largest absolute Gasteiger partial charge is 0.490 e. The number of rotatable bonds is 5. The lowest BCUT2D eigenvalue weighted by Crippen LogP contribution is -2.52. The number of carbonyl (C=O) groups is 3. The van der Waals surface area contributed by atoms with E-state index in [1.165, 1.54) is 26.0 Å². The van der Waals surface area contributed by atoms with Crippen molar-refractivity contribution >= 4 is 29.1 Å². The maximum absolute atomic E-state index is 13.1. The number of imide groups is 1. The van der Waals surface area contributed by atoms with E-state index in [0.717, 1.165) is 49.2 Å². The molecule has 2 aliphatic carbocycles. The van der Waals surface area contributed by atoms with E-state index in [1.807, 2.05) is 18.2 Å². The molecule has 1 N–H and O–H groups in total. The van der Waals surface area contributed by atoms with Gasteiger partial charge in [-0.2, -0.15) is 0 Å². The number of nitro benzene ring substituents is 1. The minimum atomic E-state index is -0.624. The van der Waals surface area contributed by atoms with Crippen molar-refractivity contribution in [2.45, 2.75) is 57.5 Å². The summed E-state index contributed by atoms with van der Waals surface area (Å²) in [6.07, 6.45) is 6.44. The Morgan fingerprint density at radius 1 is 1.12 bits per heavy atom. The van der Waals surface area contributed by atoms with Crippen LogP contribution in [0.1, 0.15) is 66.4 Å². The van der Waals surface area contributed by atoms with Crippen molar-refractivity contribution in [3.63, 3.8) is 0 Å². The highest BCUT2D eigenvalue weighted by atomic mass is 16.6. The van der Waals surface area contributed by atoms with Gasteiger partial charge >= 0.3 is 5.69 Å². The van der Waals surface area contributed by atoms with Gasteiger partial charge in [-0.1, -0.05) is 17.9 Å². The number of amides is 3. The Hall–Kier alpha value is -4.39. The molecule has 4 fully saturated rings. The highest BCUT2D eigenvalue weighted by molar-refractivity contribution is 6.05. The van der Waals surface area contributed by atoms with E-state index in [1.54, 1.807) is 17.0 Å². The number of carbonyl (C=O) groups excluding carboxylic acids is 3. The smallest absolute Gasteiger partial charge is 0.311 e. The zero-order chi connectivity index (χ0) is 29.9. The standard InChI is InChI=1S/C33H34N4O6/c1-43-29-16-23(7-8-27(29)37(41)42)35-13-11-33(12-14-35)17-22(18-33)25-15-21(25)6-5-20-3-2-4-24-26(20)19-36(32(24)40)28-9-10-30(38)34-31(28)39/h2-4,7-8,16,21-22,25,28H,9-15,17-19H2,1H3,(H,34,38,39)/t21-,25-,28?/m1/s1. The van der Waals surface area contributed by atoms with Crippen LogP contribution in [0.4, 0.5) is 11.4 Å². The van der Waals surface area contributed by atoms with Gasteiger partial charge in [0.2, 0.25) is 11.8 Å². The van der Waals surface area contributed by atoms with Crippen LogP contribution >= 0.6 is 0 Å². The molecule has 2 aromatic carbocycles. The first-order valence-electron chi connectivity index (χ1n) is 15.1. The molecule has 10 nitrogen and oxygen atoms in total. The molecule has 1 spiro atoms. The van der Waals surface area contributed by atoms with Gasteiger partial charge in [0.25, 0.3) is 5.91 Å². The number of benzene rings is 2. The number of fused-ring (bicyclic) bond motifs is 1. The average Bonchev–Trinajstić information content (AvgIpc) is 3.68. The first kappa shape index (κ1) is 27.4. The van der Waals surface area contributed by atoms with Gasteiger partial charge in [-0.15, -0.1) is 0 Å². The van der Waals surface area contributed by atoms with Gasteiger partial charge in [-0.05, 0) is 79.5 Å². The summed E-state index contributed by atoms with van der Waals surface area (Å²) in [7, 11) is 1.46. The Morgan fingerprint density at radius 3 is 2.63 bits per heavy atom. The third kappa shape index (κ3) is 4.90. The summed E-state index contributed by atoms with van der Waals surface area (Å²) >= 11 is 0. The van der Waals surface area contributed by atoms with Crippen LogP contribution in [0.25, 0.3) is 0 Å². The Balaban J connectivity index is 0.938. The molecular formula is C33H34N4O6. The van der Waals surface area contributed by atoms with Crippen molar-refractivity contribution in [2.75, 3.05) is 25.1 Å². The molecule has 2 saturated carbocycles. The molecule has 10 heteroatoms. The number of hydrogen-bond acceptors (Lipinski definition) is 7. The molecule has 7 rings (SSSR count). The van der Waals surface area contributed by atoms with Gasteiger partial charge in [0.05, 0.1) is 12.0 Å². The summed E-state index contributed by atoms with van der Waals surface area (Å²) in [6.45, 7) is 2.22. The molecule has 43 heavy (non-hydrogen) atoms. The van der Waals surface area contributed by atoms with Gasteiger partial charge in [-0.25, -0.2) is 0 Å². The Bertz CT molecular complexity index is 1590. The van der Waals surface area contributed by atoms with Crippen LogP contribution < -0.4 is 15.0 Å². The molecule has 1 unspecified atom stereocenters. The SMILES string of the molecule is COc1cc(N2CCC3(CC2)CC([C@@H]2C[C@H]2C#Cc2cccc4c2CN(C2CCC(=O)NC2=O)C4=O)C3)ccc1[N+](=O)[O-]. The molecule has 2 saturated heterocycles. The zero-order valence-electron chi connectivity index (χ0n) is 24.1. The van der Waals surface area contributed by atoms with E-state index in [9.17, 15) is 24.5 Å². The highest BCUT2D eigenvalue weighted by Crippen LogP contribution is 2.61. The Labute approximate surface area is 249 Å². The summed E-state index contributed by atoms with van der Waals surface area (Å²) in [5.41, 5.74) is 3.69. The molecule has 3 amide bonds. The molecule has 222 valence electrons. The van der Waals surface area contributed by atoms with Crippen molar-refractivity contribution in [1.29, 1.82) is 0 Å². The fourth-order valence-corrected chi connectivity index (χ4v) is 7.79. The minimum absolute atomic E-state index is 0.0111. The van der Waals surface area contributed by atoms with Gasteiger partial charge in [0, 0.05) is 60.9 Å². The highest BCUT2D eigenvalue weighted by Gasteiger charge is 2.54. The van der Waals surface area contributed by atoms with Crippen LogP contribution in [-0.2, 0) is 16.1 Å². The number of hydrogen-bond donors (Lipinski definition) is 1. The number of methoxy groups -OCH3 is 1. The molecule has 0 bridgehead atoms. The second-order valence-corrected chi connectivity index (χ2v) is 12.8. The van der Waals surface area contributed by atoms with Crippen LogP contribution in [0.3, 0.4) is 0 Å². The van der Waals surface area contributed by atoms with Gasteiger partial charge in [0.1, 0.15) is 6.04 Å². The molecule has 3 aliphatic heterocycles. The van der Waals surface area contributed by atoms with E-state index < -0.39 is 16.9 Å². The summed E-state index contributed by atoms with van der Waals surface area (Å²) < 4.78 is 5.26. The fraction of sp³-hybridized carbons (Fsp3) is 0.485. The van der Waals surface area contributed by atoms with E-state index in [4.69, 9.17) is 4.74 Å². The summed E-state index contributed by atoms with van der Waals surface area (Å²) in [4.78, 5) is 51.8. The second kappa shape index (κ2) is 10.4. The Kier molecular flexibility index (Phi) is 6.64. The van der Waals surface area contributed by atoms with Crippen molar-refractivity contribution in [2.24, 2.45) is 23.2 Å². The van der Waals surface area contributed by atoms with Crippen molar-refractivity contribution in [1.82, 2.24) is 10.2 Å². The number of nitrogens with zero attached hydrogens (tertiary/aromatic N) is 3. The van der Waals surface area contributed by atoms with Crippen molar-refractivity contribution < 1.29 is 24.0 Å². The van der Waals surface area contributed by atoms with E-state index in [0.29, 0.717) is 47.4 Å². The predicted molar refractivity (Wildman–Crippen MR) is 157 cm³/mol. The lowest BCUT2D eigenvalue weighted by atomic mass is 9.56. The normalized spacial score (nSPS) is 25.9. The summed E-state index contributed by atoms with van der Waals surface area (Å²) in [6, 6.07) is 10.1. The zero-order valence-corrected chi connectivity index (χ0v) is 24.1. The van der Waals surface area contributed by atoms with Crippen LogP contribution in [0, 0.1) is 45.1 Å². The first-order chi connectivity index (χ1) is 20.7. The lowest BCUT2D eigenvalue weighted by Gasteiger charge is -2.53. The van der Waals surface area contributed by atoms with Crippen molar-refractivity contribution in [3.05, 3.63) is 63.2 Å². The topological polar surface area (TPSA) is 122 Å². The molecule has 0 radical (unpaired) electrons. The van der Waals surface area contributed by atoms with Crippen LogP contribution in [0.15, 0.2) is 36.4 Å². The van der Waals surface area contributed by atoms with E-state index >= 15 is 0 Å². The fourth-order valence-electron chi connectivity index (χ4n) is 7.79. The minimum Gasteiger partial charge on any atom is -0.490 e. The molecule has 3 heterocycles. The van der Waals surface area contributed by atoms with Gasteiger partial charge < -0.3 is 14.5 Å². The monoisotopic (exact) mass is 582 g/mol. The number of nitrogens with one attached hydrogen (secondary N) is 1. The molecule has 0 aromatic heterocycles. The van der Waals surface area contributed by atoms with Crippen LogP contribution in [0.2, 0.25) is 0 Å². The third-order valence-corrected chi connectivity index (χ3v) is 10.4. The number of ether oxygens (including phenoxy) is 1. The summed E-state index contributed by atoms with van der Waals surface area (Å²) in [5, 5.41) is 13.6. The van der Waals surface area contributed by atoms with Crippen molar-refractivity contribution in [3.8, 4) is 17.6 Å². The van der Waals surface area contributed by atoms with E-state index in [2.05, 4.69) is 22.1 Å². The number of nitro groups is 1. The molecule has 5 aliphatic rings.